The molecule has 4 heteroatoms. The van der Waals surface area contributed by atoms with Crippen LogP contribution >= 0.6 is 11.8 Å². The molecule has 2 rings (SSSR count). The fourth-order valence-electron chi connectivity index (χ4n) is 1.47. The van der Waals surface area contributed by atoms with Gasteiger partial charge in [0, 0.05) is 4.90 Å². The summed E-state index contributed by atoms with van der Waals surface area (Å²) in [7, 11) is 0. The van der Waals surface area contributed by atoms with Crippen molar-refractivity contribution in [2.75, 3.05) is 0 Å². The highest BCUT2D eigenvalue weighted by atomic mass is 32.2. The Balaban J connectivity index is 2.01. The van der Waals surface area contributed by atoms with E-state index in [4.69, 9.17) is 9.84 Å². The molecule has 19 heavy (non-hydrogen) atoms. The van der Waals surface area contributed by atoms with Crippen molar-refractivity contribution in [1.82, 2.24) is 0 Å². The van der Waals surface area contributed by atoms with Crippen LogP contribution in [0.15, 0.2) is 59.5 Å². The summed E-state index contributed by atoms with van der Waals surface area (Å²) in [6.07, 6.45) is 0. The summed E-state index contributed by atoms with van der Waals surface area (Å²) in [5, 5.41) is 8.39. The minimum atomic E-state index is -0.811. The molecule has 0 spiro atoms. The van der Waals surface area contributed by atoms with Crippen molar-refractivity contribution in [2.24, 2.45) is 0 Å². The summed E-state index contributed by atoms with van der Waals surface area (Å²) in [5.74, 6) is 0.704. The molecule has 0 radical (unpaired) electrons. The van der Waals surface area contributed by atoms with Crippen molar-refractivity contribution in [3.63, 3.8) is 0 Å². The van der Waals surface area contributed by atoms with Crippen molar-refractivity contribution in [2.45, 2.75) is 17.1 Å². The van der Waals surface area contributed by atoms with E-state index in [0.29, 0.717) is 0 Å². The van der Waals surface area contributed by atoms with Gasteiger partial charge in [-0.3, -0.25) is 4.79 Å². The van der Waals surface area contributed by atoms with Crippen molar-refractivity contribution < 1.29 is 14.6 Å². The van der Waals surface area contributed by atoms with Crippen LogP contribution in [0.1, 0.15) is 6.92 Å². The van der Waals surface area contributed by atoms with Gasteiger partial charge in [-0.05, 0) is 43.3 Å². The Morgan fingerprint density at radius 2 is 1.63 bits per heavy atom. The van der Waals surface area contributed by atoms with Crippen LogP contribution in [0.5, 0.6) is 11.5 Å². The lowest BCUT2D eigenvalue weighted by Gasteiger charge is -2.08. The third-order valence-electron chi connectivity index (χ3n) is 2.46. The van der Waals surface area contributed by atoms with E-state index in [1.807, 2.05) is 54.6 Å². The first kappa shape index (κ1) is 13.5. The predicted octanol–water partition coefficient (Wildman–Crippen LogP) is 4.04. The molecule has 0 aromatic heterocycles. The zero-order valence-corrected chi connectivity index (χ0v) is 11.3. The number of hydrogen-bond acceptors (Lipinski definition) is 3. The molecule has 3 nitrogen and oxygen atoms in total. The van der Waals surface area contributed by atoms with Gasteiger partial charge in [0.05, 0.1) is 0 Å². The predicted molar refractivity (Wildman–Crippen MR) is 75.9 cm³/mol. The highest BCUT2D eigenvalue weighted by molar-refractivity contribution is 8.00. The summed E-state index contributed by atoms with van der Waals surface area (Å²) in [4.78, 5) is 11.7. The van der Waals surface area contributed by atoms with E-state index < -0.39 is 11.2 Å². The molecule has 1 unspecified atom stereocenters. The maximum atomic E-state index is 10.8. The number of carboxylic acid groups (broad SMARTS) is 1. The van der Waals surface area contributed by atoms with Crippen molar-refractivity contribution >= 4 is 17.7 Å². The minimum Gasteiger partial charge on any atom is -0.480 e. The molecule has 1 N–H and O–H groups in total. The Morgan fingerprint density at radius 1 is 1.05 bits per heavy atom. The van der Waals surface area contributed by atoms with Crippen LogP contribution in [0.4, 0.5) is 0 Å². The average Bonchev–Trinajstić information content (AvgIpc) is 2.42. The summed E-state index contributed by atoms with van der Waals surface area (Å²) >= 11 is 1.31. The first-order valence-electron chi connectivity index (χ1n) is 5.87. The fraction of sp³-hybridized carbons (Fsp3) is 0.133. The van der Waals surface area contributed by atoms with Crippen LogP contribution in [-0.2, 0) is 4.79 Å². The van der Waals surface area contributed by atoms with Gasteiger partial charge in [-0.1, -0.05) is 18.2 Å². The Hall–Kier alpha value is -1.94. The first-order chi connectivity index (χ1) is 9.15. The van der Waals surface area contributed by atoms with Crippen LogP contribution in [0, 0.1) is 0 Å². The van der Waals surface area contributed by atoms with Gasteiger partial charge < -0.3 is 9.84 Å². The van der Waals surface area contributed by atoms with E-state index in [0.717, 1.165) is 16.4 Å². The summed E-state index contributed by atoms with van der Waals surface area (Å²) < 4.78 is 5.66. The van der Waals surface area contributed by atoms with Crippen molar-refractivity contribution in [1.29, 1.82) is 0 Å². The molecule has 2 aromatic carbocycles. The Bertz CT molecular complexity index is 537. The molecule has 0 aliphatic heterocycles. The number of para-hydroxylation sites is 1. The molecule has 0 bridgehead atoms. The standard InChI is InChI=1S/C15H14O3S/c1-11(15(16)17)19-14-9-7-13(8-10-14)18-12-5-3-2-4-6-12/h2-11H,1H3,(H,16,17). The lowest BCUT2D eigenvalue weighted by molar-refractivity contribution is -0.136. The smallest absolute Gasteiger partial charge is 0.316 e. The molecule has 2 aromatic rings. The molecule has 0 fully saturated rings. The van der Waals surface area contributed by atoms with Gasteiger partial charge in [0.2, 0.25) is 0 Å². The lowest BCUT2D eigenvalue weighted by Crippen LogP contribution is -2.10. The van der Waals surface area contributed by atoms with Crippen LogP contribution in [-0.4, -0.2) is 16.3 Å². The number of aliphatic carboxylic acids is 1. The number of carboxylic acids is 1. The average molecular weight is 274 g/mol. The van der Waals surface area contributed by atoms with E-state index in [9.17, 15) is 4.79 Å². The number of benzene rings is 2. The largest absolute Gasteiger partial charge is 0.480 e. The van der Waals surface area contributed by atoms with Gasteiger partial charge in [0.1, 0.15) is 16.7 Å². The van der Waals surface area contributed by atoms with Gasteiger partial charge >= 0.3 is 5.97 Å². The van der Waals surface area contributed by atoms with E-state index in [2.05, 4.69) is 0 Å². The van der Waals surface area contributed by atoms with Gasteiger partial charge in [-0.25, -0.2) is 0 Å². The van der Waals surface area contributed by atoms with Crippen LogP contribution in [0.25, 0.3) is 0 Å². The molecule has 0 saturated heterocycles. The lowest BCUT2D eigenvalue weighted by atomic mass is 10.3. The second-order valence-corrected chi connectivity index (χ2v) is 5.40. The Kier molecular flexibility index (Phi) is 4.47. The van der Waals surface area contributed by atoms with Crippen LogP contribution < -0.4 is 4.74 Å². The molecule has 0 heterocycles. The number of rotatable bonds is 5. The molecular weight excluding hydrogens is 260 g/mol. The molecular formula is C15H14O3S. The second kappa shape index (κ2) is 6.29. The molecule has 0 saturated carbocycles. The number of carbonyl (C=O) groups is 1. The summed E-state index contributed by atoms with van der Waals surface area (Å²) in [6, 6.07) is 16.9. The molecule has 0 aliphatic rings. The monoisotopic (exact) mass is 274 g/mol. The van der Waals surface area contributed by atoms with E-state index >= 15 is 0 Å². The zero-order chi connectivity index (χ0) is 13.7. The summed E-state index contributed by atoms with van der Waals surface area (Å²) in [5.41, 5.74) is 0. The minimum absolute atomic E-state index is 0.458. The van der Waals surface area contributed by atoms with Crippen LogP contribution in [0.3, 0.4) is 0 Å². The fourth-order valence-corrected chi connectivity index (χ4v) is 2.27. The Morgan fingerprint density at radius 3 is 2.21 bits per heavy atom. The zero-order valence-electron chi connectivity index (χ0n) is 10.4. The maximum Gasteiger partial charge on any atom is 0.316 e. The SMILES string of the molecule is CC(Sc1ccc(Oc2ccccc2)cc1)C(=O)O. The van der Waals surface area contributed by atoms with E-state index in [1.165, 1.54) is 11.8 Å². The normalized spacial score (nSPS) is 11.8. The van der Waals surface area contributed by atoms with Gasteiger partial charge in [-0.2, -0.15) is 0 Å². The first-order valence-corrected chi connectivity index (χ1v) is 6.75. The highest BCUT2D eigenvalue weighted by Crippen LogP contribution is 2.27. The summed E-state index contributed by atoms with van der Waals surface area (Å²) in [6.45, 7) is 1.67. The number of hydrogen-bond donors (Lipinski definition) is 1. The van der Waals surface area contributed by atoms with Crippen molar-refractivity contribution in [3.8, 4) is 11.5 Å². The van der Waals surface area contributed by atoms with E-state index in [1.54, 1.807) is 6.92 Å². The Labute approximate surface area is 116 Å². The third kappa shape index (κ3) is 4.03. The second-order valence-electron chi connectivity index (χ2n) is 3.98. The third-order valence-corrected chi connectivity index (χ3v) is 3.56. The molecule has 0 amide bonds. The molecule has 98 valence electrons. The maximum absolute atomic E-state index is 10.8. The topological polar surface area (TPSA) is 46.5 Å². The molecule has 1 atom stereocenters. The van der Waals surface area contributed by atoms with Gasteiger partial charge in [-0.15, -0.1) is 11.8 Å². The van der Waals surface area contributed by atoms with Crippen molar-refractivity contribution in [3.05, 3.63) is 54.6 Å². The highest BCUT2D eigenvalue weighted by Gasteiger charge is 2.12. The quantitative estimate of drug-likeness (QED) is 0.836. The van der Waals surface area contributed by atoms with E-state index in [-0.39, 0.29) is 0 Å². The number of thioether (sulfide) groups is 1. The molecule has 0 aliphatic carbocycles. The van der Waals surface area contributed by atoms with Gasteiger partial charge in [0.25, 0.3) is 0 Å². The van der Waals surface area contributed by atoms with Crippen LogP contribution in [0.2, 0.25) is 0 Å². The number of ether oxygens (including phenoxy) is 1. The van der Waals surface area contributed by atoms with Gasteiger partial charge in [0.15, 0.2) is 0 Å².